The number of thiocarbonyl (C=S) groups is 1. The van der Waals surface area contributed by atoms with Gasteiger partial charge in [-0.25, -0.2) is 0 Å². The van der Waals surface area contributed by atoms with Crippen molar-refractivity contribution < 1.29 is 5.11 Å². The van der Waals surface area contributed by atoms with Crippen molar-refractivity contribution >= 4 is 17.2 Å². The van der Waals surface area contributed by atoms with Crippen molar-refractivity contribution in [1.29, 1.82) is 0 Å². The Morgan fingerprint density at radius 1 is 1.40 bits per heavy atom. The molecule has 0 bridgehead atoms. The predicted octanol–water partition coefficient (Wildman–Crippen LogP) is 0.824. The van der Waals surface area contributed by atoms with Gasteiger partial charge in [0.1, 0.15) is 0 Å². The van der Waals surface area contributed by atoms with Crippen LogP contribution in [0.5, 0.6) is 0 Å². The van der Waals surface area contributed by atoms with Gasteiger partial charge in [0.2, 0.25) is 0 Å². The van der Waals surface area contributed by atoms with Crippen molar-refractivity contribution in [2.45, 2.75) is 31.8 Å². The van der Waals surface area contributed by atoms with Gasteiger partial charge in [0.05, 0.1) is 11.1 Å². The Hall–Kier alpha value is -0.150. The fourth-order valence-corrected chi connectivity index (χ4v) is 1.72. The maximum atomic E-state index is 9.37. The molecule has 0 aromatic rings. The molecule has 2 nitrogen and oxygen atoms in total. The third-order valence-electron chi connectivity index (χ3n) is 2.09. The fraction of sp³-hybridized carbons (Fsp3) is 0.857. The highest BCUT2D eigenvalue weighted by Gasteiger charge is 2.24. The molecule has 58 valence electrons. The van der Waals surface area contributed by atoms with Crippen LogP contribution in [0.15, 0.2) is 0 Å². The number of hydrogen-bond acceptors (Lipinski definition) is 2. The van der Waals surface area contributed by atoms with Crippen LogP contribution in [0.25, 0.3) is 0 Å². The minimum Gasteiger partial charge on any atom is -0.393 e. The Morgan fingerprint density at radius 3 is 2.40 bits per heavy atom. The van der Waals surface area contributed by atoms with Crippen LogP contribution in [0.1, 0.15) is 25.7 Å². The Bertz CT molecular complexity index is 138. The van der Waals surface area contributed by atoms with Gasteiger partial charge in [-0.05, 0) is 12.8 Å². The summed E-state index contributed by atoms with van der Waals surface area (Å²) in [5.41, 5.74) is 5.43. The first-order valence-electron chi connectivity index (χ1n) is 3.69. The minimum atomic E-state index is -0.272. The zero-order chi connectivity index (χ0) is 7.56. The smallest absolute Gasteiger partial charge is 0.0784 e. The second-order valence-electron chi connectivity index (χ2n) is 2.86. The van der Waals surface area contributed by atoms with Crippen molar-refractivity contribution in [3.05, 3.63) is 0 Å². The molecule has 1 fully saturated rings. The normalized spacial score (nSPS) is 33.7. The highest BCUT2D eigenvalue weighted by atomic mass is 32.1. The van der Waals surface area contributed by atoms with E-state index in [2.05, 4.69) is 0 Å². The third-order valence-corrected chi connectivity index (χ3v) is 2.40. The molecule has 0 heterocycles. The zero-order valence-electron chi connectivity index (χ0n) is 5.92. The van der Waals surface area contributed by atoms with Gasteiger partial charge in [-0.3, -0.25) is 0 Å². The van der Waals surface area contributed by atoms with Crippen LogP contribution in [0.4, 0.5) is 0 Å². The number of rotatable bonds is 1. The number of hydrogen-bond donors (Lipinski definition) is 2. The molecule has 0 aromatic carbocycles. The number of aliphatic hydroxyl groups is 1. The van der Waals surface area contributed by atoms with Crippen LogP contribution in [0.3, 0.4) is 0 Å². The first kappa shape index (κ1) is 7.95. The highest BCUT2D eigenvalue weighted by Crippen LogP contribution is 2.24. The van der Waals surface area contributed by atoms with Crippen LogP contribution >= 0.6 is 12.2 Å². The van der Waals surface area contributed by atoms with E-state index in [4.69, 9.17) is 18.0 Å². The summed E-state index contributed by atoms with van der Waals surface area (Å²) >= 11 is 4.81. The summed E-state index contributed by atoms with van der Waals surface area (Å²) in [6.45, 7) is 0. The molecule has 3 N–H and O–H groups in total. The summed E-state index contributed by atoms with van der Waals surface area (Å²) in [7, 11) is 0. The van der Waals surface area contributed by atoms with Crippen molar-refractivity contribution in [3.8, 4) is 0 Å². The fourth-order valence-electron chi connectivity index (χ4n) is 1.44. The van der Waals surface area contributed by atoms with Crippen molar-refractivity contribution in [1.82, 2.24) is 0 Å². The lowest BCUT2D eigenvalue weighted by Crippen LogP contribution is -2.34. The van der Waals surface area contributed by atoms with Crippen LogP contribution in [0.2, 0.25) is 0 Å². The lowest BCUT2D eigenvalue weighted by atomic mass is 9.87. The van der Waals surface area contributed by atoms with E-state index in [9.17, 15) is 5.11 Å². The standard InChI is InChI=1S/C7H13NOS/c8-7(10)5-3-1-2-4-6(5)9/h5-6,9H,1-4H2,(H2,8,10). The van der Waals surface area contributed by atoms with E-state index >= 15 is 0 Å². The largest absolute Gasteiger partial charge is 0.393 e. The van der Waals surface area contributed by atoms with Gasteiger partial charge < -0.3 is 10.8 Å². The van der Waals surface area contributed by atoms with Gasteiger partial charge in [0.15, 0.2) is 0 Å². The molecule has 1 aliphatic carbocycles. The maximum Gasteiger partial charge on any atom is 0.0784 e. The molecule has 1 saturated carbocycles. The van der Waals surface area contributed by atoms with E-state index in [0.717, 1.165) is 25.7 Å². The number of aliphatic hydroxyl groups excluding tert-OH is 1. The Labute approximate surface area is 66.4 Å². The topological polar surface area (TPSA) is 46.2 Å². The lowest BCUT2D eigenvalue weighted by molar-refractivity contribution is 0.102. The van der Waals surface area contributed by atoms with E-state index < -0.39 is 0 Å². The summed E-state index contributed by atoms with van der Waals surface area (Å²) in [5, 5.41) is 9.37. The molecule has 0 radical (unpaired) electrons. The molecule has 3 heteroatoms. The summed E-state index contributed by atoms with van der Waals surface area (Å²) < 4.78 is 0. The average molecular weight is 159 g/mol. The third kappa shape index (κ3) is 1.67. The average Bonchev–Trinajstić information content (AvgIpc) is 1.88. The van der Waals surface area contributed by atoms with Gasteiger partial charge in [0.25, 0.3) is 0 Å². The molecule has 0 saturated heterocycles. The van der Waals surface area contributed by atoms with E-state index in [1.54, 1.807) is 0 Å². The Morgan fingerprint density at radius 2 is 2.00 bits per heavy atom. The van der Waals surface area contributed by atoms with Crippen molar-refractivity contribution in [2.75, 3.05) is 0 Å². The van der Waals surface area contributed by atoms with Gasteiger partial charge in [-0.2, -0.15) is 0 Å². The molecular weight excluding hydrogens is 146 g/mol. The van der Waals surface area contributed by atoms with E-state index in [0.29, 0.717) is 4.99 Å². The summed E-state index contributed by atoms with van der Waals surface area (Å²) in [6.07, 6.45) is 3.82. The van der Waals surface area contributed by atoms with Gasteiger partial charge in [-0.15, -0.1) is 0 Å². The first-order valence-corrected chi connectivity index (χ1v) is 4.10. The quantitative estimate of drug-likeness (QED) is 0.557. The van der Waals surface area contributed by atoms with Crippen molar-refractivity contribution in [2.24, 2.45) is 11.7 Å². The van der Waals surface area contributed by atoms with Crippen molar-refractivity contribution in [3.63, 3.8) is 0 Å². The molecule has 0 amide bonds. The van der Waals surface area contributed by atoms with Gasteiger partial charge >= 0.3 is 0 Å². The molecule has 0 aromatic heterocycles. The highest BCUT2D eigenvalue weighted by molar-refractivity contribution is 7.80. The van der Waals surface area contributed by atoms with Gasteiger partial charge in [-0.1, -0.05) is 25.1 Å². The first-order chi connectivity index (χ1) is 4.72. The summed E-state index contributed by atoms with van der Waals surface area (Å²) in [5.74, 6) is 0.0868. The summed E-state index contributed by atoms with van der Waals surface area (Å²) in [6, 6.07) is 0. The molecule has 2 unspecified atom stereocenters. The van der Waals surface area contributed by atoms with E-state index in [1.165, 1.54) is 0 Å². The second kappa shape index (κ2) is 3.30. The van der Waals surface area contributed by atoms with Crippen LogP contribution in [0, 0.1) is 5.92 Å². The van der Waals surface area contributed by atoms with Crippen LogP contribution in [-0.2, 0) is 0 Å². The minimum absolute atomic E-state index is 0.0868. The molecular formula is C7H13NOS. The lowest BCUT2D eigenvalue weighted by Gasteiger charge is -2.26. The molecule has 0 aliphatic heterocycles. The van der Waals surface area contributed by atoms with E-state index in [1.807, 2.05) is 0 Å². The molecule has 1 aliphatic rings. The van der Waals surface area contributed by atoms with Crippen LogP contribution in [-0.4, -0.2) is 16.2 Å². The predicted molar refractivity (Wildman–Crippen MR) is 44.8 cm³/mol. The molecule has 1 rings (SSSR count). The number of nitrogens with two attached hydrogens (primary N) is 1. The zero-order valence-corrected chi connectivity index (χ0v) is 6.73. The van der Waals surface area contributed by atoms with Gasteiger partial charge in [0, 0.05) is 5.92 Å². The maximum absolute atomic E-state index is 9.37. The Balaban J connectivity index is 2.47. The van der Waals surface area contributed by atoms with Crippen LogP contribution < -0.4 is 5.73 Å². The second-order valence-corrected chi connectivity index (χ2v) is 3.33. The SMILES string of the molecule is NC(=S)C1CCCCC1O. The van der Waals surface area contributed by atoms with E-state index in [-0.39, 0.29) is 12.0 Å². The summed E-state index contributed by atoms with van der Waals surface area (Å²) in [4.78, 5) is 0.479. The molecule has 10 heavy (non-hydrogen) atoms. The Kier molecular flexibility index (Phi) is 2.63. The monoisotopic (exact) mass is 159 g/mol. The molecule has 2 atom stereocenters. The molecule has 0 spiro atoms.